The SMILES string of the molecule is O=C(Nc1nn(Cc2cccc(F)c2)cc1Cl)c1ccnn1COc1ccccc1Cl. The van der Waals surface area contributed by atoms with Gasteiger partial charge in [-0.05, 0) is 35.9 Å². The number of aromatic nitrogens is 4. The predicted molar refractivity (Wildman–Crippen MR) is 115 cm³/mol. The molecule has 0 fully saturated rings. The van der Waals surface area contributed by atoms with Crippen molar-refractivity contribution in [3.63, 3.8) is 0 Å². The van der Waals surface area contributed by atoms with Crippen molar-refractivity contribution in [1.29, 1.82) is 0 Å². The lowest BCUT2D eigenvalue weighted by Gasteiger charge is -2.10. The maximum absolute atomic E-state index is 13.4. The molecule has 31 heavy (non-hydrogen) atoms. The first-order chi connectivity index (χ1) is 15.0. The highest BCUT2D eigenvalue weighted by Crippen LogP contribution is 2.24. The maximum atomic E-state index is 13.4. The monoisotopic (exact) mass is 459 g/mol. The van der Waals surface area contributed by atoms with E-state index in [9.17, 15) is 9.18 Å². The molecule has 7 nitrogen and oxygen atoms in total. The van der Waals surface area contributed by atoms with Gasteiger partial charge < -0.3 is 10.1 Å². The van der Waals surface area contributed by atoms with E-state index in [1.165, 1.54) is 27.7 Å². The zero-order valence-electron chi connectivity index (χ0n) is 16.0. The number of nitrogens with zero attached hydrogens (tertiary/aromatic N) is 4. The molecule has 2 heterocycles. The normalized spacial score (nSPS) is 10.8. The Labute approximate surface area is 187 Å². The molecule has 0 atom stereocenters. The second-order valence-corrected chi connectivity index (χ2v) is 7.34. The summed E-state index contributed by atoms with van der Waals surface area (Å²) in [5.74, 6) is -0.136. The molecule has 0 aliphatic carbocycles. The summed E-state index contributed by atoms with van der Waals surface area (Å²) in [5.41, 5.74) is 0.967. The van der Waals surface area contributed by atoms with Gasteiger partial charge in [-0.25, -0.2) is 9.07 Å². The van der Waals surface area contributed by atoms with Crippen molar-refractivity contribution in [3.05, 3.63) is 94.1 Å². The van der Waals surface area contributed by atoms with Crippen LogP contribution in [0.5, 0.6) is 5.75 Å². The molecule has 4 aromatic rings. The van der Waals surface area contributed by atoms with Crippen LogP contribution in [0, 0.1) is 5.82 Å². The summed E-state index contributed by atoms with van der Waals surface area (Å²) >= 11 is 12.3. The summed E-state index contributed by atoms with van der Waals surface area (Å²) < 4.78 is 21.9. The molecule has 0 bridgehead atoms. The molecule has 1 N–H and O–H groups in total. The van der Waals surface area contributed by atoms with Crippen LogP contribution in [0.3, 0.4) is 0 Å². The van der Waals surface area contributed by atoms with Gasteiger partial charge in [0.15, 0.2) is 12.5 Å². The lowest BCUT2D eigenvalue weighted by Crippen LogP contribution is -2.20. The minimum atomic E-state index is -0.460. The lowest BCUT2D eigenvalue weighted by atomic mass is 10.2. The van der Waals surface area contributed by atoms with E-state index in [1.54, 1.807) is 48.7 Å². The summed E-state index contributed by atoms with van der Waals surface area (Å²) in [6.07, 6.45) is 3.04. The fourth-order valence-corrected chi connectivity index (χ4v) is 3.27. The Balaban J connectivity index is 1.44. The van der Waals surface area contributed by atoms with Crippen molar-refractivity contribution in [1.82, 2.24) is 19.6 Å². The van der Waals surface area contributed by atoms with Gasteiger partial charge in [0.2, 0.25) is 0 Å². The Morgan fingerprint density at radius 1 is 1.10 bits per heavy atom. The van der Waals surface area contributed by atoms with Gasteiger partial charge in [-0.15, -0.1) is 0 Å². The van der Waals surface area contributed by atoms with Crippen molar-refractivity contribution < 1.29 is 13.9 Å². The number of nitrogens with one attached hydrogen (secondary N) is 1. The third-order valence-corrected chi connectivity index (χ3v) is 4.90. The molecule has 1 amide bonds. The van der Waals surface area contributed by atoms with Crippen molar-refractivity contribution in [2.45, 2.75) is 13.3 Å². The maximum Gasteiger partial charge on any atom is 0.275 e. The van der Waals surface area contributed by atoms with Crippen LogP contribution in [0.4, 0.5) is 10.2 Å². The summed E-state index contributed by atoms with van der Waals surface area (Å²) in [6.45, 7) is 0.290. The second-order valence-electron chi connectivity index (χ2n) is 6.53. The molecule has 0 unspecified atom stereocenters. The largest absolute Gasteiger partial charge is 0.470 e. The Morgan fingerprint density at radius 2 is 1.94 bits per heavy atom. The van der Waals surface area contributed by atoms with Crippen LogP contribution in [-0.4, -0.2) is 25.5 Å². The highest BCUT2D eigenvalue weighted by Gasteiger charge is 2.17. The number of anilines is 1. The van der Waals surface area contributed by atoms with Gasteiger partial charge in [0.1, 0.15) is 22.3 Å². The number of amides is 1. The van der Waals surface area contributed by atoms with E-state index in [0.29, 0.717) is 22.9 Å². The first kappa shape index (κ1) is 20.9. The van der Waals surface area contributed by atoms with E-state index in [1.807, 2.05) is 0 Å². The average molecular weight is 460 g/mol. The van der Waals surface area contributed by atoms with Crippen LogP contribution in [0.25, 0.3) is 0 Å². The van der Waals surface area contributed by atoms with Crippen LogP contribution in [0.2, 0.25) is 10.0 Å². The van der Waals surface area contributed by atoms with Crippen molar-refractivity contribution >= 4 is 34.9 Å². The van der Waals surface area contributed by atoms with Gasteiger partial charge in [0.25, 0.3) is 5.91 Å². The topological polar surface area (TPSA) is 74.0 Å². The highest BCUT2D eigenvalue weighted by atomic mass is 35.5. The zero-order chi connectivity index (χ0) is 21.8. The van der Waals surface area contributed by atoms with Gasteiger partial charge >= 0.3 is 0 Å². The van der Waals surface area contributed by atoms with Crippen molar-refractivity contribution in [3.8, 4) is 5.75 Å². The molecule has 0 aliphatic heterocycles. The van der Waals surface area contributed by atoms with Crippen LogP contribution >= 0.6 is 23.2 Å². The van der Waals surface area contributed by atoms with E-state index < -0.39 is 5.91 Å². The van der Waals surface area contributed by atoms with Gasteiger partial charge in [-0.3, -0.25) is 9.48 Å². The van der Waals surface area contributed by atoms with Gasteiger partial charge in [-0.2, -0.15) is 10.2 Å². The molecular weight excluding hydrogens is 444 g/mol. The van der Waals surface area contributed by atoms with Gasteiger partial charge in [0, 0.05) is 12.4 Å². The minimum absolute atomic E-state index is 0.0127. The Kier molecular flexibility index (Phi) is 6.20. The fourth-order valence-electron chi connectivity index (χ4n) is 2.88. The second kappa shape index (κ2) is 9.20. The van der Waals surface area contributed by atoms with E-state index in [4.69, 9.17) is 27.9 Å². The number of ether oxygens (including phenoxy) is 1. The van der Waals surface area contributed by atoms with Crippen LogP contribution in [0.15, 0.2) is 67.0 Å². The molecule has 4 rings (SSSR count). The van der Waals surface area contributed by atoms with E-state index in [0.717, 1.165) is 0 Å². The molecule has 0 radical (unpaired) electrons. The average Bonchev–Trinajstić information content (AvgIpc) is 3.34. The number of carbonyl (C=O) groups is 1. The number of hydrogen-bond acceptors (Lipinski definition) is 4. The molecule has 158 valence electrons. The van der Waals surface area contributed by atoms with Crippen LogP contribution in [0.1, 0.15) is 16.1 Å². The van der Waals surface area contributed by atoms with Crippen LogP contribution in [-0.2, 0) is 13.3 Å². The molecular formula is C21H16Cl2FN5O2. The molecule has 0 saturated carbocycles. The Morgan fingerprint density at radius 3 is 2.74 bits per heavy atom. The van der Waals surface area contributed by atoms with Crippen molar-refractivity contribution in [2.75, 3.05) is 5.32 Å². The van der Waals surface area contributed by atoms with E-state index in [-0.39, 0.29) is 29.1 Å². The molecule has 2 aromatic heterocycles. The standard InChI is InChI=1S/C21H16Cl2FN5O2/c22-16-6-1-2-7-19(16)31-13-29-18(8-9-25-29)21(30)26-20-17(23)12-28(27-20)11-14-4-3-5-15(24)10-14/h1-10,12H,11,13H2,(H,26,27,30). The summed E-state index contributed by atoms with van der Waals surface area (Å²) in [4.78, 5) is 12.7. The quantitative estimate of drug-likeness (QED) is 0.428. The zero-order valence-corrected chi connectivity index (χ0v) is 17.5. The third-order valence-electron chi connectivity index (χ3n) is 4.31. The molecule has 10 heteroatoms. The summed E-state index contributed by atoms with van der Waals surface area (Å²) in [5, 5.41) is 11.7. The first-order valence-corrected chi connectivity index (χ1v) is 9.93. The van der Waals surface area contributed by atoms with E-state index >= 15 is 0 Å². The smallest absolute Gasteiger partial charge is 0.275 e. The predicted octanol–water partition coefficient (Wildman–Crippen LogP) is 4.86. The van der Waals surface area contributed by atoms with Gasteiger partial charge in [0.05, 0.1) is 11.6 Å². The fraction of sp³-hybridized carbons (Fsp3) is 0.0952. The number of carbonyl (C=O) groups excluding carboxylic acids is 1. The third kappa shape index (κ3) is 5.04. The number of halogens is 3. The number of hydrogen-bond donors (Lipinski definition) is 1. The Bertz CT molecular complexity index is 1220. The molecule has 0 saturated heterocycles. The lowest BCUT2D eigenvalue weighted by molar-refractivity contribution is 0.100. The number of para-hydroxylation sites is 1. The minimum Gasteiger partial charge on any atom is -0.470 e. The number of rotatable bonds is 7. The van der Waals surface area contributed by atoms with Gasteiger partial charge in [-0.1, -0.05) is 47.5 Å². The molecule has 2 aromatic carbocycles. The van der Waals surface area contributed by atoms with Crippen LogP contribution < -0.4 is 10.1 Å². The highest BCUT2D eigenvalue weighted by molar-refractivity contribution is 6.33. The first-order valence-electron chi connectivity index (χ1n) is 9.17. The van der Waals surface area contributed by atoms with Crippen molar-refractivity contribution in [2.24, 2.45) is 0 Å². The summed E-state index contributed by atoms with van der Waals surface area (Å²) in [6, 6.07) is 14.7. The molecule has 0 aliphatic rings. The number of benzene rings is 2. The molecule has 0 spiro atoms. The Hall–Kier alpha value is -3.36. The van der Waals surface area contributed by atoms with E-state index in [2.05, 4.69) is 15.5 Å². The summed E-state index contributed by atoms with van der Waals surface area (Å²) in [7, 11) is 0.